The quantitative estimate of drug-likeness (QED) is 0.502. The molecule has 0 saturated carbocycles. The minimum absolute atomic E-state index is 0.0227. The summed E-state index contributed by atoms with van der Waals surface area (Å²) in [6.07, 6.45) is 1.97. The monoisotopic (exact) mass is 424 g/mol. The predicted molar refractivity (Wildman–Crippen MR) is 128 cm³/mol. The van der Waals surface area contributed by atoms with Gasteiger partial charge in [-0.2, -0.15) is 0 Å². The summed E-state index contributed by atoms with van der Waals surface area (Å²) in [6.45, 7) is 13.1. The van der Waals surface area contributed by atoms with Gasteiger partial charge in [0.25, 0.3) is 0 Å². The van der Waals surface area contributed by atoms with Crippen molar-refractivity contribution in [2.45, 2.75) is 33.4 Å². The number of likely N-dealkylation sites (N-methyl/N-ethyl adjacent to an activating group) is 1. The molecule has 1 atom stereocenters. The summed E-state index contributed by atoms with van der Waals surface area (Å²) in [6, 6.07) is 12.4. The molecule has 31 heavy (non-hydrogen) atoms. The van der Waals surface area contributed by atoms with Crippen molar-refractivity contribution in [1.82, 2.24) is 20.5 Å². The highest BCUT2D eigenvalue weighted by molar-refractivity contribution is 5.79. The Balaban J connectivity index is 1.42. The molecule has 0 spiro atoms. The number of nitrogens with one attached hydrogen (secondary N) is 2. The fraction of sp³-hybridized carbons (Fsp3) is 0.500. The molecule has 1 aromatic heterocycles. The van der Waals surface area contributed by atoms with Crippen LogP contribution in [0.2, 0.25) is 0 Å². The van der Waals surface area contributed by atoms with E-state index < -0.39 is 0 Å². The fourth-order valence-corrected chi connectivity index (χ4v) is 3.61. The fourth-order valence-electron chi connectivity index (χ4n) is 3.61. The molecule has 1 fully saturated rings. The van der Waals surface area contributed by atoms with E-state index in [0.717, 1.165) is 55.8 Å². The lowest BCUT2D eigenvalue weighted by Crippen LogP contribution is -2.46. The summed E-state index contributed by atoms with van der Waals surface area (Å²) < 4.78 is 5.97. The zero-order chi connectivity index (χ0) is 22.1. The van der Waals surface area contributed by atoms with E-state index in [0.29, 0.717) is 13.1 Å². The van der Waals surface area contributed by atoms with E-state index in [1.54, 1.807) is 7.05 Å². The van der Waals surface area contributed by atoms with Gasteiger partial charge in [0, 0.05) is 46.0 Å². The number of nitrogens with zero attached hydrogens (tertiary/aromatic N) is 4. The number of rotatable bonds is 8. The topological polar surface area (TPSA) is 65.0 Å². The van der Waals surface area contributed by atoms with Crippen molar-refractivity contribution in [3.63, 3.8) is 0 Å². The Morgan fingerprint density at radius 3 is 2.61 bits per heavy atom. The SMILES string of the molecule is CCN1CCN(c2ccc(CNC(=NC)NCC(C)Oc3cccc(C)c3)cn2)CC1. The summed E-state index contributed by atoms with van der Waals surface area (Å²) in [7, 11) is 1.78. The third kappa shape index (κ3) is 7.14. The highest BCUT2D eigenvalue weighted by atomic mass is 16.5. The van der Waals surface area contributed by atoms with Crippen LogP contribution in [0.1, 0.15) is 25.0 Å². The summed E-state index contributed by atoms with van der Waals surface area (Å²) in [5, 5.41) is 6.68. The van der Waals surface area contributed by atoms with E-state index >= 15 is 0 Å². The molecule has 1 aliphatic heterocycles. The summed E-state index contributed by atoms with van der Waals surface area (Å²) in [5.74, 6) is 2.70. The van der Waals surface area contributed by atoms with Gasteiger partial charge in [-0.1, -0.05) is 25.1 Å². The van der Waals surface area contributed by atoms with Crippen LogP contribution in [0.3, 0.4) is 0 Å². The average molecular weight is 425 g/mol. The first kappa shape index (κ1) is 22.9. The van der Waals surface area contributed by atoms with Crippen LogP contribution >= 0.6 is 0 Å². The molecule has 0 radical (unpaired) electrons. The number of aliphatic imine (C=N–C) groups is 1. The Morgan fingerprint density at radius 1 is 1.16 bits per heavy atom. The lowest BCUT2D eigenvalue weighted by Gasteiger charge is -2.34. The van der Waals surface area contributed by atoms with Gasteiger partial charge in [-0.05, 0) is 49.7 Å². The number of aryl methyl sites for hydroxylation is 1. The van der Waals surface area contributed by atoms with E-state index in [-0.39, 0.29) is 6.10 Å². The maximum atomic E-state index is 5.97. The average Bonchev–Trinajstić information content (AvgIpc) is 2.79. The van der Waals surface area contributed by atoms with Crippen LogP contribution in [0.4, 0.5) is 5.82 Å². The molecule has 168 valence electrons. The summed E-state index contributed by atoms with van der Waals surface area (Å²) in [5.41, 5.74) is 2.32. The number of piperazine rings is 1. The Morgan fingerprint density at radius 2 is 1.97 bits per heavy atom. The number of benzene rings is 1. The summed E-state index contributed by atoms with van der Waals surface area (Å²) in [4.78, 5) is 13.8. The van der Waals surface area contributed by atoms with Gasteiger partial charge in [0.15, 0.2) is 5.96 Å². The zero-order valence-electron chi connectivity index (χ0n) is 19.3. The van der Waals surface area contributed by atoms with Crippen LogP contribution in [-0.2, 0) is 6.54 Å². The van der Waals surface area contributed by atoms with Gasteiger partial charge in [-0.15, -0.1) is 0 Å². The van der Waals surface area contributed by atoms with Crippen LogP contribution < -0.4 is 20.3 Å². The molecule has 1 unspecified atom stereocenters. The standard InChI is InChI=1S/C24H36N6O/c1-5-29-11-13-30(14-12-29)23-10-9-21(17-26-23)18-28-24(25-4)27-16-20(3)31-22-8-6-7-19(2)15-22/h6-10,15,17,20H,5,11-14,16,18H2,1-4H3,(H2,25,27,28). The van der Waals surface area contributed by atoms with Gasteiger partial charge in [0.05, 0.1) is 6.54 Å². The van der Waals surface area contributed by atoms with Crippen molar-refractivity contribution in [2.24, 2.45) is 4.99 Å². The van der Waals surface area contributed by atoms with Crippen molar-refractivity contribution in [1.29, 1.82) is 0 Å². The predicted octanol–water partition coefficient (Wildman–Crippen LogP) is 2.66. The van der Waals surface area contributed by atoms with Gasteiger partial charge in [-0.3, -0.25) is 4.99 Å². The van der Waals surface area contributed by atoms with E-state index in [1.165, 1.54) is 5.56 Å². The largest absolute Gasteiger partial charge is 0.489 e. The molecular formula is C24H36N6O. The highest BCUT2D eigenvalue weighted by Gasteiger charge is 2.16. The second kappa shape index (κ2) is 11.6. The molecule has 0 amide bonds. The first-order valence-corrected chi connectivity index (χ1v) is 11.2. The molecule has 2 heterocycles. The Labute approximate surface area is 186 Å². The Bertz CT molecular complexity index is 830. The minimum Gasteiger partial charge on any atom is -0.489 e. The number of ether oxygens (including phenoxy) is 1. The van der Waals surface area contributed by atoms with E-state index in [4.69, 9.17) is 4.74 Å². The molecule has 2 aromatic rings. The first-order valence-electron chi connectivity index (χ1n) is 11.2. The molecule has 3 rings (SSSR count). The smallest absolute Gasteiger partial charge is 0.191 e. The molecule has 2 N–H and O–H groups in total. The second-order valence-corrected chi connectivity index (χ2v) is 8.00. The van der Waals surface area contributed by atoms with E-state index in [9.17, 15) is 0 Å². The molecule has 7 nitrogen and oxygen atoms in total. The van der Waals surface area contributed by atoms with Crippen LogP contribution in [0.15, 0.2) is 47.6 Å². The van der Waals surface area contributed by atoms with Gasteiger partial charge in [0.1, 0.15) is 17.7 Å². The third-order valence-corrected chi connectivity index (χ3v) is 5.52. The number of anilines is 1. The van der Waals surface area contributed by atoms with Crippen molar-refractivity contribution >= 4 is 11.8 Å². The molecule has 0 bridgehead atoms. The molecule has 0 aliphatic carbocycles. The lowest BCUT2D eigenvalue weighted by molar-refractivity contribution is 0.223. The van der Waals surface area contributed by atoms with Crippen molar-refractivity contribution in [3.05, 3.63) is 53.7 Å². The van der Waals surface area contributed by atoms with Gasteiger partial charge >= 0.3 is 0 Å². The maximum absolute atomic E-state index is 5.97. The van der Waals surface area contributed by atoms with Crippen molar-refractivity contribution in [3.8, 4) is 5.75 Å². The molecule has 7 heteroatoms. The molecule has 1 aliphatic rings. The zero-order valence-corrected chi connectivity index (χ0v) is 19.3. The van der Waals surface area contributed by atoms with Crippen molar-refractivity contribution in [2.75, 3.05) is 51.2 Å². The normalized spacial score (nSPS) is 16.1. The van der Waals surface area contributed by atoms with Gasteiger partial charge in [0.2, 0.25) is 0 Å². The highest BCUT2D eigenvalue weighted by Crippen LogP contribution is 2.15. The van der Waals surface area contributed by atoms with Gasteiger partial charge < -0.3 is 25.2 Å². The number of hydrogen-bond acceptors (Lipinski definition) is 5. The first-order chi connectivity index (χ1) is 15.1. The lowest BCUT2D eigenvalue weighted by atomic mass is 10.2. The van der Waals surface area contributed by atoms with Crippen LogP contribution in [-0.4, -0.2) is 68.3 Å². The summed E-state index contributed by atoms with van der Waals surface area (Å²) >= 11 is 0. The maximum Gasteiger partial charge on any atom is 0.191 e. The molecule has 1 aromatic carbocycles. The number of hydrogen-bond donors (Lipinski definition) is 2. The number of aromatic nitrogens is 1. The van der Waals surface area contributed by atoms with E-state index in [2.05, 4.69) is 62.5 Å². The molecular weight excluding hydrogens is 388 g/mol. The van der Waals surface area contributed by atoms with Crippen LogP contribution in [0, 0.1) is 6.92 Å². The Hall–Kier alpha value is -2.80. The Kier molecular flexibility index (Phi) is 8.53. The minimum atomic E-state index is 0.0227. The number of guanidine groups is 1. The third-order valence-electron chi connectivity index (χ3n) is 5.52. The number of pyridine rings is 1. The van der Waals surface area contributed by atoms with E-state index in [1.807, 2.05) is 31.3 Å². The van der Waals surface area contributed by atoms with Crippen molar-refractivity contribution < 1.29 is 4.74 Å². The molecule has 1 saturated heterocycles. The van der Waals surface area contributed by atoms with Crippen LogP contribution in [0.25, 0.3) is 0 Å². The second-order valence-electron chi connectivity index (χ2n) is 8.00. The van der Waals surface area contributed by atoms with Gasteiger partial charge in [-0.25, -0.2) is 4.98 Å². The van der Waals surface area contributed by atoms with Crippen LogP contribution in [0.5, 0.6) is 5.75 Å².